The molecule has 0 aromatic carbocycles. The molecular formula is C8H19ClN2O. The van der Waals surface area contributed by atoms with E-state index in [2.05, 4.69) is 10.6 Å². The number of hydrogen-bond donors (Lipinski definition) is 2. The van der Waals surface area contributed by atoms with Crippen molar-refractivity contribution in [1.29, 1.82) is 0 Å². The van der Waals surface area contributed by atoms with E-state index in [4.69, 9.17) is 0 Å². The highest BCUT2D eigenvalue weighted by atomic mass is 35.5. The predicted molar refractivity (Wildman–Crippen MR) is 53.7 cm³/mol. The van der Waals surface area contributed by atoms with E-state index in [0.717, 1.165) is 6.54 Å². The van der Waals surface area contributed by atoms with Crippen LogP contribution in [0.4, 0.5) is 0 Å². The summed E-state index contributed by atoms with van der Waals surface area (Å²) in [6.45, 7) is 9.13. The van der Waals surface area contributed by atoms with E-state index in [1.807, 2.05) is 27.7 Å². The van der Waals surface area contributed by atoms with Gasteiger partial charge >= 0.3 is 0 Å². The lowest BCUT2D eigenvalue weighted by atomic mass is 10.1. The van der Waals surface area contributed by atoms with Crippen LogP contribution in [0.3, 0.4) is 0 Å². The van der Waals surface area contributed by atoms with Crippen LogP contribution < -0.4 is 10.6 Å². The van der Waals surface area contributed by atoms with Crippen LogP contribution in [-0.2, 0) is 4.79 Å². The van der Waals surface area contributed by atoms with Crippen LogP contribution in [0.2, 0.25) is 0 Å². The molecule has 0 saturated carbocycles. The average Bonchev–Trinajstić information content (AvgIpc) is 1.79. The second-order valence-corrected chi connectivity index (χ2v) is 3.58. The van der Waals surface area contributed by atoms with Crippen molar-refractivity contribution in [3.8, 4) is 0 Å². The van der Waals surface area contributed by atoms with Crippen molar-refractivity contribution in [3.05, 3.63) is 0 Å². The average molecular weight is 195 g/mol. The van der Waals surface area contributed by atoms with Crippen LogP contribution in [0.5, 0.6) is 0 Å². The Labute approximate surface area is 80.7 Å². The first-order valence-electron chi connectivity index (χ1n) is 3.97. The third kappa shape index (κ3) is 9.72. The van der Waals surface area contributed by atoms with E-state index in [1.165, 1.54) is 0 Å². The Balaban J connectivity index is 0. The van der Waals surface area contributed by atoms with Gasteiger partial charge in [0.1, 0.15) is 0 Å². The molecule has 0 aliphatic carbocycles. The molecule has 0 rings (SSSR count). The van der Waals surface area contributed by atoms with Crippen molar-refractivity contribution in [1.82, 2.24) is 10.6 Å². The summed E-state index contributed by atoms with van der Waals surface area (Å²) >= 11 is 0. The van der Waals surface area contributed by atoms with Crippen LogP contribution >= 0.6 is 12.4 Å². The second kappa shape index (κ2) is 6.26. The lowest BCUT2D eigenvalue weighted by Gasteiger charge is -2.20. The molecule has 0 aliphatic heterocycles. The first-order valence-corrected chi connectivity index (χ1v) is 3.97. The molecule has 0 unspecified atom stereocenters. The van der Waals surface area contributed by atoms with E-state index in [0.29, 0.717) is 6.54 Å². The fraction of sp³-hybridized carbons (Fsp3) is 0.875. The minimum absolute atomic E-state index is 0. The standard InChI is InChI=1S/C8H18N2O.ClH/c1-5-9-6-7(11)10-8(2,3)4;/h9H,5-6H2,1-4H3,(H,10,11);1H. The molecule has 0 aromatic rings. The van der Waals surface area contributed by atoms with Gasteiger partial charge in [-0.05, 0) is 27.3 Å². The van der Waals surface area contributed by atoms with Crippen molar-refractivity contribution in [2.45, 2.75) is 33.2 Å². The van der Waals surface area contributed by atoms with Crippen LogP contribution in [0.25, 0.3) is 0 Å². The summed E-state index contributed by atoms with van der Waals surface area (Å²) in [6, 6.07) is 0. The summed E-state index contributed by atoms with van der Waals surface area (Å²) in [5, 5.41) is 5.81. The van der Waals surface area contributed by atoms with Gasteiger partial charge in [0.2, 0.25) is 5.91 Å². The number of carbonyl (C=O) groups is 1. The van der Waals surface area contributed by atoms with Crippen LogP contribution in [0.1, 0.15) is 27.7 Å². The summed E-state index contributed by atoms with van der Waals surface area (Å²) in [5.41, 5.74) is -0.119. The molecule has 0 bridgehead atoms. The zero-order valence-electron chi connectivity index (χ0n) is 8.23. The van der Waals surface area contributed by atoms with Crippen molar-refractivity contribution in [2.75, 3.05) is 13.1 Å². The number of hydrogen-bond acceptors (Lipinski definition) is 2. The quantitative estimate of drug-likeness (QED) is 0.702. The van der Waals surface area contributed by atoms with Gasteiger partial charge in [0.25, 0.3) is 0 Å². The van der Waals surface area contributed by atoms with Gasteiger partial charge in [-0.1, -0.05) is 6.92 Å². The highest BCUT2D eigenvalue weighted by Gasteiger charge is 2.12. The molecular weight excluding hydrogens is 176 g/mol. The third-order valence-corrected chi connectivity index (χ3v) is 1.05. The molecule has 0 radical (unpaired) electrons. The third-order valence-electron chi connectivity index (χ3n) is 1.05. The zero-order chi connectivity index (χ0) is 8.91. The Bertz CT molecular complexity index is 132. The largest absolute Gasteiger partial charge is 0.350 e. The summed E-state index contributed by atoms with van der Waals surface area (Å²) in [4.78, 5) is 11.0. The predicted octanol–water partition coefficient (Wildman–Crippen LogP) is 0.932. The van der Waals surface area contributed by atoms with Gasteiger partial charge in [0.05, 0.1) is 6.54 Å². The molecule has 1 amide bonds. The van der Waals surface area contributed by atoms with Crippen molar-refractivity contribution in [3.63, 3.8) is 0 Å². The first kappa shape index (κ1) is 14.3. The lowest BCUT2D eigenvalue weighted by Crippen LogP contribution is -2.44. The van der Waals surface area contributed by atoms with Crippen LogP contribution in [-0.4, -0.2) is 24.5 Å². The first-order chi connectivity index (χ1) is 4.95. The molecule has 0 heterocycles. The maximum atomic E-state index is 11.0. The van der Waals surface area contributed by atoms with E-state index in [1.54, 1.807) is 0 Å². The summed E-state index contributed by atoms with van der Waals surface area (Å²) < 4.78 is 0. The zero-order valence-corrected chi connectivity index (χ0v) is 9.05. The van der Waals surface area contributed by atoms with E-state index in [9.17, 15) is 4.79 Å². The monoisotopic (exact) mass is 194 g/mol. The Morgan fingerprint density at radius 2 is 1.83 bits per heavy atom. The fourth-order valence-corrected chi connectivity index (χ4v) is 0.701. The Kier molecular flexibility index (Phi) is 7.44. The molecule has 0 spiro atoms. The number of nitrogens with one attached hydrogen (secondary N) is 2. The summed E-state index contributed by atoms with van der Waals surface area (Å²) in [5.74, 6) is 0.0550. The van der Waals surface area contributed by atoms with Crippen molar-refractivity contribution in [2.24, 2.45) is 0 Å². The SMILES string of the molecule is CCNCC(=O)NC(C)(C)C.Cl. The van der Waals surface area contributed by atoms with Gasteiger partial charge in [0.15, 0.2) is 0 Å². The van der Waals surface area contributed by atoms with Crippen molar-refractivity contribution < 1.29 is 4.79 Å². The molecule has 3 nitrogen and oxygen atoms in total. The van der Waals surface area contributed by atoms with E-state index in [-0.39, 0.29) is 23.9 Å². The number of amides is 1. The van der Waals surface area contributed by atoms with Crippen LogP contribution in [0.15, 0.2) is 0 Å². The minimum atomic E-state index is -0.119. The van der Waals surface area contributed by atoms with Crippen LogP contribution in [0, 0.1) is 0 Å². The Morgan fingerprint density at radius 1 is 1.33 bits per heavy atom. The van der Waals surface area contributed by atoms with E-state index < -0.39 is 0 Å². The minimum Gasteiger partial charge on any atom is -0.350 e. The molecule has 2 N–H and O–H groups in total. The number of rotatable bonds is 3. The van der Waals surface area contributed by atoms with Gasteiger partial charge < -0.3 is 10.6 Å². The molecule has 0 aliphatic rings. The van der Waals surface area contributed by atoms with Gasteiger partial charge in [-0.25, -0.2) is 0 Å². The molecule has 4 heteroatoms. The molecule has 0 saturated heterocycles. The van der Waals surface area contributed by atoms with Gasteiger partial charge in [-0.15, -0.1) is 12.4 Å². The molecule has 0 aromatic heterocycles. The Hall–Kier alpha value is -0.280. The van der Waals surface area contributed by atoms with Gasteiger partial charge in [0, 0.05) is 5.54 Å². The smallest absolute Gasteiger partial charge is 0.234 e. The normalized spacial score (nSPS) is 10.3. The molecule has 74 valence electrons. The number of likely N-dealkylation sites (N-methyl/N-ethyl adjacent to an activating group) is 1. The number of carbonyl (C=O) groups excluding carboxylic acids is 1. The van der Waals surface area contributed by atoms with Gasteiger partial charge in [-0.3, -0.25) is 4.79 Å². The highest BCUT2D eigenvalue weighted by Crippen LogP contribution is 1.96. The maximum Gasteiger partial charge on any atom is 0.234 e. The highest BCUT2D eigenvalue weighted by molar-refractivity contribution is 5.85. The summed E-state index contributed by atoms with van der Waals surface area (Å²) in [6.07, 6.45) is 0. The Morgan fingerprint density at radius 3 is 2.17 bits per heavy atom. The topological polar surface area (TPSA) is 41.1 Å². The fourth-order valence-electron chi connectivity index (χ4n) is 0.701. The summed E-state index contributed by atoms with van der Waals surface area (Å²) in [7, 11) is 0. The second-order valence-electron chi connectivity index (χ2n) is 3.58. The van der Waals surface area contributed by atoms with Gasteiger partial charge in [-0.2, -0.15) is 0 Å². The molecule has 0 atom stereocenters. The van der Waals surface area contributed by atoms with E-state index >= 15 is 0 Å². The molecule has 0 fully saturated rings. The van der Waals surface area contributed by atoms with Crippen molar-refractivity contribution >= 4 is 18.3 Å². The molecule has 12 heavy (non-hydrogen) atoms. The maximum absolute atomic E-state index is 11.0. The lowest BCUT2D eigenvalue weighted by molar-refractivity contribution is -0.121. The number of halogens is 1.